The molecule has 0 spiro atoms. The lowest BCUT2D eigenvalue weighted by Crippen LogP contribution is -2.14. The van der Waals surface area contributed by atoms with E-state index in [0.717, 1.165) is 12.1 Å². The first-order valence-corrected chi connectivity index (χ1v) is 3.34. The molecule has 0 heterocycles. The molecule has 0 unspecified atom stereocenters. The number of halogens is 2. The first kappa shape index (κ1) is 9.44. The molecule has 0 aliphatic carbocycles. The van der Waals surface area contributed by atoms with Crippen molar-refractivity contribution in [3.63, 3.8) is 0 Å². The lowest BCUT2D eigenvalue weighted by molar-refractivity contribution is -0.130. The Morgan fingerprint density at radius 2 is 1.85 bits per heavy atom. The number of carbonyl (C=O) groups excluding carboxylic acids is 1. The van der Waals surface area contributed by atoms with Gasteiger partial charge in [0.1, 0.15) is 0 Å². The number of hydrogen-bond donors (Lipinski definition) is 2. The molecule has 0 saturated heterocycles. The maximum atomic E-state index is 12.6. The number of hydrogen-bond acceptors (Lipinski definition) is 3. The highest BCUT2D eigenvalue weighted by atomic mass is 19.3. The average molecular weight is 188 g/mol. The fourth-order valence-electron chi connectivity index (χ4n) is 0.799. The fraction of sp³-hybridized carbons (Fsp3) is 0.125. The normalized spacial score (nSPS) is 11.2. The molecule has 0 atom stereocenters. The van der Waals surface area contributed by atoms with Crippen molar-refractivity contribution in [1.82, 2.24) is 0 Å². The van der Waals surface area contributed by atoms with Crippen LogP contribution in [-0.4, -0.2) is 16.5 Å². The Balaban J connectivity index is 3.18. The fourth-order valence-corrected chi connectivity index (χ4v) is 0.799. The second kappa shape index (κ2) is 3.01. The molecule has 0 radical (unpaired) electrons. The van der Waals surface area contributed by atoms with Crippen LogP contribution in [0.1, 0.15) is 5.56 Å². The highest BCUT2D eigenvalue weighted by Gasteiger charge is 2.31. The molecule has 5 heteroatoms. The number of aldehydes is 1. The van der Waals surface area contributed by atoms with Gasteiger partial charge in [-0.1, -0.05) is 0 Å². The molecule has 70 valence electrons. The predicted molar refractivity (Wildman–Crippen MR) is 39.7 cm³/mol. The number of benzene rings is 1. The zero-order chi connectivity index (χ0) is 10.1. The van der Waals surface area contributed by atoms with Crippen molar-refractivity contribution >= 4 is 6.29 Å². The molecule has 13 heavy (non-hydrogen) atoms. The first-order chi connectivity index (χ1) is 5.97. The molecule has 0 saturated carbocycles. The molecule has 2 N–H and O–H groups in total. The van der Waals surface area contributed by atoms with Gasteiger partial charge in [0.2, 0.25) is 0 Å². The van der Waals surface area contributed by atoms with Crippen molar-refractivity contribution in [3.05, 3.63) is 23.8 Å². The molecule has 0 bridgehead atoms. The molecule has 1 aromatic carbocycles. The van der Waals surface area contributed by atoms with Crippen LogP contribution in [0, 0.1) is 0 Å². The largest absolute Gasteiger partial charge is 0.504 e. The van der Waals surface area contributed by atoms with Crippen molar-refractivity contribution < 1.29 is 23.8 Å². The summed E-state index contributed by atoms with van der Waals surface area (Å²) in [6, 6.07) is 2.40. The SMILES string of the molecule is O=CC(F)(F)c1ccc(O)c(O)c1. The summed E-state index contributed by atoms with van der Waals surface area (Å²) < 4.78 is 25.3. The number of rotatable bonds is 2. The van der Waals surface area contributed by atoms with Crippen LogP contribution in [0.5, 0.6) is 11.5 Å². The zero-order valence-corrected chi connectivity index (χ0v) is 6.37. The third kappa shape index (κ3) is 1.74. The first-order valence-electron chi connectivity index (χ1n) is 3.34. The van der Waals surface area contributed by atoms with Crippen LogP contribution in [0.2, 0.25) is 0 Å². The van der Waals surface area contributed by atoms with E-state index < -0.39 is 29.3 Å². The third-order valence-corrected chi connectivity index (χ3v) is 1.51. The van der Waals surface area contributed by atoms with Crippen LogP contribution in [0.15, 0.2) is 18.2 Å². The van der Waals surface area contributed by atoms with Gasteiger partial charge in [0.25, 0.3) is 0 Å². The topological polar surface area (TPSA) is 57.5 Å². The van der Waals surface area contributed by atoms with E-state index >= 15 is 0 Å². The van der Waals surface area contributed by atoms with Crippen LogP contribution in [-0.2, 0) is 10.7 Å². The summed E-state index contributed by atoms with van der Waals surface area (Å²) in [5.41, 5.74) is -0.655. The van der Waals surface area contributed by atoms with Gasteiger partial charge in [0.15, 0.2) is 17.8 Å². The Bertz CT molecular complexity index is 336. The summed E-state index contributed by atoms with van der Waals surface area (Å²) in [6.45, 7) is 0. The van der Waals surface area contributed by atoms with Gasteiger partial charge in [-0.05, 0) is 18.2 Å². The van der Waals surface area contributed by atoms with E-state index in [1.807, 2.05) is 0 Å². The number of phenols is 2. The summed E-state index contributed by atoms with van der Waals surface area (Å²) in [5, 5.41) is 17.7. The lowest BCUT2D eigenvalue weighted by atomic mass is 10.1. The minimum atomic E-state index is -3.63. The smallest absolute Gasteiger partial charge is 0.327 e. The summed E-state index contributed by atoms with van der Waals surface area (Å²) in [4.78, 5) is 9.93. The van der Waals surface area contributed by atoms with E-state index in [-0.39, 0.29) is 0 Å². The standard InChI is InChI=1S/C8H6F2O3/c9-8(10,4-11)5-1-2-6(12)7(13)3-5/h1-4,12-13H. The van der Waals surface area contributed by atoms with Gasteiger partial charge in [-0.2, -0.15) is 8.78 Å². The van der Waals surface area contributed by atoms with Gasteiger partial charge in [0.05, 0.1) is 0 Å². The van der Waals surface area contributed by atoms with E-state index in [2.05, 4.69) is 0 Å². The number of aromatic hydroxyl groups is 2. The van der Waals surface area contributed by atoms with Crippen LogP contribution in [0.3, 0.4) is 0 Å². The zero-order valence-electron chi connectivity index (χ0n) is 6.37. The molecule has 1 rings (SSSR count). The summed E-state index contributed by atoms with van der Waals surface area (Å²) in [7, 11) is 0. The van der Waals surface area contributed by atoms with Gasteiger partial charge in [-0.3, -0.25) is 4.79 Å². The minimum absolute atomic E-state index is 0.509. The minimum Gasteiger partial charge on any atom is -0.504 e. The van der Waals surface area contributed by atoms with E-state index in [9.17, 15) is 13.6 Å². The molecule has 0 amide bonds. The van der Waals surface area contributed by atoms with Crippen molar-refractivity contribution in [1.29, 1.82) is 0 Å². The summed E-state index contributed by atoms with van der Waals surface area (Å²) in [6.07, 6.45) is -0.529. The lowest BCUT2D eigenvalue weighted by Gasteiger charge is -2.09. The maximum absolute atomic E-state index is 12.6. The molecule has 0 aliphatic rings. The average Bonchev–Trinajstić information content (AvgIpc) is 2.09. The Kier molecular flexibility index (Phi) is 2.18. The van der Waals surface area contributed by atoms with Gasteiger partial charge in [-0.15, -0.1) is 0 Å². The van der Waals surface area contributed by atoms with Gasteiger partial charge in [-0.25, -0.2) is 0 Å². The maximum Gasteiger partial charge on any atom is 0.327 e. The number of carbonyl (C=O) groups is 1. The van der Waals surface area contributed by atoms with Crippen molar-refractivity contribution in [2.45, 2.75) is 5.92 Å². The van der Waals surface area contributed by atoms with Gasteiger partial charge < -0.3 is 10.2 Å². The van der Waals surface area contributed by atoms with Gasteiger partial charge >= 0.3 is 5.92 Å². The second-order valence-electron chi connectivity index (χ2n) is 2.44. The monoisotopic (exact) mass is 188 g/mol. The van der Waals surface area contributed by atoms with E-state index in [1.54, 1.807) is 0 Å². The molecule has 3 nitrogen and oxygen atoms in total. The quantitative estimate of drug-likeness (QED) is 0.544. The van der Waals surface area contributed by atoms with Crippen molar-refractivity contribution in [2.24, 2.45) is 0 Å². The van der Waals surface area contributed by atoms with Crippen LogP contribution < -0.4 is 0 Å². The molecule has 0 aromatic heterocycles. The Morgan fingerprint density at radius 1 is 1.23 bits per heavy atom. The Morgan fingerprint density at radius 3 is 2.31 bits per heavy atom. The van der Waals surface area contributed by atoms with Crippen LogP contribution >= 0.6 is 0 Å². The number of alkyl halides is 2. The van der Waals surface area contributed by atoms with Crippen molar-refractivity contribution in [3.8, 4) is 11.5 Å². The van der Waals surface area contributed by atoms with Gasteiger partial charge in [0, 0.05) is 5.56 Å². The van der Waals surface area contributed by atoms with Crippen molar-refractivity contribution in [2.75, 3.05) is 0 Å². The highest BCUT2D eigenvalue weighted by molar-refractivity contribution is 5.64. The highest BCUT2D eigenvalue weighted by Crippen LogP contribution is 2.32. The molecule has 0 fully saturated rings. The Hall–Kier alpha value is -1.65. The second-order valence-corrected chi connectivity index (χ2v) is 2.44. The van der Waals surface area contributed by atoms with Crippen LogP contribution in [0.4, 0.5) is 8.78 Å². The molecular formula is C8H6F2O3. The van der Waals surface area contributed by atoms with E-state index in [0.29, 0.717) is 6.07 Å². The summed E-state index contributed by atoms with van der Waals surface area (Å²) in [5.74, 6) is -4.82. The van der Waals surface area contributed by atoms with E-state index in [4.69, 9.17) is 10.2 Å². The Labute approximate surface area is 72.2 Å². The van der Waals surface area contributed by atoms with E-state index in [1.165, 1.54) is 0 Å². The molecule has 1 aromatic rings. The van der Waals surface area contributed by atoms with Crippen LogP contribution in [0.25, 0.3) is 0 Å². The predicted octanol–water partition coefficient (Wildman–Crippen LogP) is 1.39. The summed E-state index contributed by atoms with van der Waals surface area (Å²) >= 11 is 0. The molecular weight excluding hydrogens is 182 g/mol. The molecule has 0 aliphatic heterocycles. The number of phenolic OH excluding ortho intramolecular Hbond substituents is 2. The third-order valence-electron chi connectivity index (χ3n) is 1.51.